The van der Waals surface area contributed by atoms with Crippen LogP contribution in [0.25, 0.3) is 0 Å². The average molecular weight is 380 g/mol. The first-order valence-corrected chi connectivity index (χ1v) is 9.93. The summed E-state index contributed by atoms with van der Waals surface area (Å²) < 4.78 is 33.8. The summed E-state index contributed by atoms with van der Waals surface area (Å²) in [5, 5.41) is 0.350. The summed E-state index contributed by atoms with van der Waals surface area (Å²) in [7, 11) is -2.10. The third-order valence-electron chi connectivity index (χ3n) is 3.48. The SMILES string of the molecule is COc1ccc(Br)cc1S(=O)(=O)NC1CCCC1SC. The molecule has 1 N–H and O–H groups in total. The van der Waals surface area contributed by atoms with Crippen molar-refractivity contribution in [2.24, 2.45) is 0 Å². The summed E-state index contributed by atoms with van der Waals surface area (Å²) in [5.74, 6) is 0.361. The van der Waals surface area contributed by atoms with Gasteiger partial charge in [0.25, 0.3) is 0 Å². The van der Waals surface area contributed by atoms with Crippen molar-refractivity contribution in [1.29, 1.82) is 0 Å². The molecule has 1 aliphatic rings. The number of thioether (sulfide) groups is 1. The Morgan fingerprint density at radius 1 is 1.40 bits per heavy atom. The van der Waals surface area contributed by atoms with E-state index in [9.17, 15) is 8.42 Å². The molecule has 0 radical (unpaired) electrons. The van der Waals surface area contributed by atoms with Crippen LogP contribution in [0, 0.1) is 0 Å². The Morgan fingerprint density at radius 2 is 2.15 bits per heavy atom. The first-order valence-electron chi connectivity index (χ1n) is 6.36. The van der Waals surface area contributed by atoms with Gasteiger partial charge in [-0.05, 0) is 37.3 Å². The van der Waals surface area contributed by atoms with Gasteiger partial charge in [-0.3, -0.25) is 0 Å². The zero-order chi connectivity index (χ0) is 14.8. The van der Waals surface area contributed by atoms with Crippen LogP contribution in [0.4, 0.5) is 0 Å². The highest BCUT2D eigenvalue weighted by molar-refractivity contribution is 9.10. The molecule has 1 aliphatic carbocycles. The van der Waals surface area contributed by atoms with Crippen molar-refractivity contribution in [2.45, 2.75) is 35.4 Å². The highest BCUT2D eigenvalue weighted by Gasteiger charge is 2.31. The van der Waals surface area contributed by atoms with Crippen LogP contribution in [0.15, 0.2) is 27.6 Å². The topological polar surface area (TPSA) is 55.4 Å². The third kappa shape index (κ3) is 3.50. The zero-order valence-corrected chi connectivity index (χ0v) is 14.6. The van der Waals surface area contributed by atoms with E-state index in [1.807, 2.05) is 6.26 Å². The standard InChI is InChI=1S/C13H18BrNO3S2/c1-18-11-7-6-9(14)8-13(11)20(16,17)15-10-4-3-5-12(10)19-2/h6-8,10,12,15H,3-5H2,1-2H3. The molecule has 0 heterocycles. The summed E-state index contributed by atoms with van der Waals surface area (Å²) >= 11 is 5.03. The molecule has 7 heteroatoms. The van der Waals surface area contributed by atoms with Gasteiger partial charge in [-0.1, -0.05) is 22.4 Å². The van der Waals surface area contributed by atoms with Gasteiger partial charge in [0.15, 0.2) is 0 Å². The fourth-order valence-electron chi connectivity index (χ4n) is 2.47. The first kappa shape index (κ1) is 16.1. The van der Waals surface area contributed by atoms with Crippen molar-refractivity contribution < 1.29 is 13.2 Å². The number of ether oxygens (including phenoxy) is 1. The Balaban J connectivity index is 2.28. The number of nitrogens with one attached hydrogen (secondary N) is 1. The lowest BCUT2D eigenvalue weighted by atomic mass is 10.3. The quantitative estimate of drug-likeness (QED) is 0.853. The predicted octanol–water partition coefficient (Wildman–Crippen LogP) is 3.02. The second-order valence-corrected chi connectivity index (χ2v) is 8.40. The van der Waals surface area contributed by atoms with Crippen molar-refractivity contribution in [3.8, 4) is 5.75 Å². The van der Waals surface area contributed by atoms with Crippen LogP contribution in [0.2, 0.25) is 0 Å². The minimum absolute atomic E-state index is 0.00122. The zero-order valence-electron chi connectivity index (χ0n) is 11.4. The van der Waals surface area contributed by atoms with Gasteiger partial charge in [0.1, 0.15) is 10.6 Å². The van der Waals surface area contributed by atoms with Crippen LogP contribution in [-0.4, -0.2) is 33.1 Å². The molecule has 0 spiro atoms. The second-order valence-electron chi connectivity index (χ2n) is 4.73. The molecule has 2 rings (SSSR count). The van der Waals surface area contributed by atoms with E-state index in [0.29, 0.717) is 15.5 Å². The molecule has 2 atom stereocenters. The van der Waals surface area contributed by atoms with Gasteiger partial charge in [-0.25, -0.2) is 13.1 Å². The van der Waals surface area contributed by atoms with Crippen molar-refractivity contribution in [2.75, 3.05) is 13.4 Å². The van der Waals surface area contributed by atoms with E-state index < -0.39 is 10.0 Å². The lowest BCUT2D eigenvalue weighted by Crippen LogP contribution is -2.38. The van der Waals surface area contributed by atoms with Gasteiger partial charge in [0, 0.05) is 15.8 Å². The number of hydrogen-bond donors (Lipinski definition) is 1. The van der Waals surface area contributed by atoms with Crippen LogP contribution in [0.1, 0.15) is 19.3 Å². The molecule has 1 aromatic carbocycles. The van der Waals surface area contributed by atoms with E-state index in [1.165, 1.54) is 7.11 Å². The monoisotopic (exact) mass is 379 g/mol. The summed E-state index contributed by atoms with van der Waals surface area (Å²) in [5.41, 5.74) is 0. The van der Waals surface area contributed by atoms with Gasteiger partial charge in [-0.15, -0.1) is 0 Å². The van der Waals surface area contributed by atoms with Crippen LogP contribution >= 0.6 is 27.7 Å². The normalized spacial score (nSPS) is 22.9. The second kappa shape index (κ2) is 6.68. The summed E-state index contributed by atoms with van der Waals surface area (Å²) in [4.78, 5) is 0.182. The van der Waals surface area contributed by atoms with E-state index in [0.717, 1.165) is 19.3 Å². The van der Waals surface area contributed by atoms with Crippen LogP contribution < -0.4 is 9.46 Å². The van der Waals surface area contributed by atoms with E-state index in [2.05, 4.69) is 20.7 Å². The van der Waals surface area contributed by atoms with Crippen molar-refractivity contribution >= 4 is 37.7 Å². The number of methoxy groups -OCH3 is 1. The lowest BCUT2D eigenvalue weighted by Gasteiger charge is -2.20. The Morgan fingerprint density at radius 3 is 2.80 bits per heavy atom. The van der Waals surface area contributed by atoms with E-state index in [1.54, 1.807) is 30.0 Å². The van der Waals surface area contributed by atoms with Gasteiger partial charge < -0.3 is 4.74 Å². The van der Waals surface area contributed by atoms with E-state index in [-0.39, 0.29) is 10.9 Å². The van der Waals surface area contributed by atoms with Crippen LogP contribution in [0.3, 0.4) is 0 Å². The number of benzene rings is 1. The molecule has 1 aromatic rings. The van der Waals surface area contributed by atoms with Gasteiger partial charge >= 0.3 is 0 Å². The maximum atomic E-state index is 12.6. The Bertz CT molecular complexity index is 577. The minimum atomic E-state index is -3.57. The Hall–Kier alpha value is -0.240. The first-order chi connectivity index (χ1) is 9.47. The van der Waals surface area contributed by atoms with Crippen molar-refractivity contribution in [1.82, 2.24) is 4.72 Å². The molecule has 4 nitrogen and oxygen atoms in total. The van der Waals surface area contributed by atoms with Crippen LogP contribution in [-0.2, 0) is 10.0 Å². The third-order valence-corrected chi connectivity index (χ3v) is 6.65. The smallest absolute Gasteiger partial charge is 0.244 e. The highest BCUT2D eigenvalue weighted by Crippen LogP contribution is 2.32. The van der Waals surface area contributed by atoms with Gasteiger partial charge in [0.2, 0.25) is 10.0 Å². The molecular weight excluding hydrogens is 362 g/mol. The summed E-state index contributed by atoms with van der Waals surface area (Å²) in [6, 6.07) is 4.99. The molecule has 0 amide bonds. The van der Waals surface area contributed by atoms with Gasteiger partial charge in [0.05, 0.1) is 7.11 Å². The molecule has 0 aromatic heterocycles. The molecule has 20 heavy (non-hydrogen) atoms. The molecule has 0 bridgehead atoms. The predicted molar refractivity (Wildman–Crippen MR) is 86.0 cm³/mol. The maximum absolute atomic E-state index is 12.6. The number of hydrogen-bond acceptors (Lipinski definition) is 4. The maximum Gasteiger partial charge on any atom is 0.244 e. The largest absolute Gasteiger partial charge is 0.495 e. The lowest BCUT2D eigenvalue weighted by molar-refractivity contribution is 0.402. The number of rotatable bonds is 5. The molecule has 0 saturated heterocycles. The Kier molecular flexibility index (Phi) is 5.39. The molecule has 2 unspecified atom stereocenters. The molecule has 0 aliphatic heterocycles. The highest BCUT2D eigenvalue weighted by atomic mass is 79.9. The molecular formula is C13H18BrNO3S2. The van der Waals surface area contributed by atoms with E-state index in [4.69, 9.17) is 4.74 Å². The average Bonchev–Trinajstić information content (AvgIpc) is 2.85. The minimum Gasteiger partial charge on any atom is -0.495 e. The van der Waals surface area contributed by atoms with Crippen molar-refractivity contribution in [3.63, 3.8) is 0 Å². The Labute approximate surface area is 132 Å². The molecule has 112 valence electrons. The summed E-state index contributed by atoms with van der Waals surface area (Å²) in [6.07, 6.45) is 5.04. The van der Waals surface area contributed by atoms with Gasteiger partial charge in [-0.2, -0.15) is 11.8 Å². The molecule has 1 fully saturated rings. The fourth-order valence-corrected chi connectivity index (χ4v) is 5.51. The van der Waals surface area contributed by atoms with Crippen molar-refractivity contribution in [3.05, 3.63) is 22.7 Å². The van der Waals surface area contributed by atoms with E-state index >= 15 is 0 Å². The molecule has 1 saturated carbocycles. The number of halogens is 1. The fraction of sp³-hybridized carbons (Fsp3) is 0.538. The number of sulfonamides is 1. The van der Waals surface area contributed by atoms with Crippen LogP contribution in [0.5, 0.6) is 5.75 Å². The summed E-state index contributed by atoms with van der Waals surface area (Å²) in [6.45, 7) is 0.